The van der Waals surface area contributed by atoms with Crippen molar-refractivity contribution in [3.63, 3.8) is 0 Å². The molecule has 31 heavy (non-hydrogen) atoms. The summed E-state index contributed by atoms with van der Waals surface area (Å²) in [5.74, 6) is -1.01. The third-order valence-corrected chi connectivity index (χ3v) is 5.04. The number of amides is 3. The number of benzene rings is 2. The first kappa shape index (κ1) is 22.2. The zero-order valence-corrected chi connectivity index (χ0v) is 17.2. The molecule has 0 bridgehead atoms. The van der Waals surface area contributed by atoms with Crippen LogP contribution in [0.3, 0.4) is 0 Å². The van der Waals surface area contributed by atoms with E-state index >= 15 is 0 Å². The maximum Gasteiger partial charge on any atom is 0.263 e. The SMILES string of the molecule is COc1ccc(CC(=O)N2CCN(C(=O)c3ccc(F)cc3)C2C(=O)NCCN)cc1. The number of hydrogen-bond acceptors (Lipinski definition) is 5. The van der Waals surface area contributed by atoms with Crippen LogP contribution in [0, 0.1) is 5.82 Å². The zero-order valence-electron chi connectivity index (χ0n) is 17.2. The minimum absolute atomic E-state index is 0.0727. The standard InChI is InChI=1S/C22H25FN4O4/c1-31-18-8-2-15(3-9-18)14-19(28)26-12-13-27(21(26)20(29)25-11-10-24)22(30)16-4-6-17(23)7-5-16/h2-9,21H,10-14,24H2,1H3,(H,25,29). The molecule has 0 aromatic heterocycles. The third kappa shape index (κ3) is 5.18. The maximum atomic E-state index is 13.2. The Labute approximate surface area is 179 Å². The van der Waals surface area contributed by atoms with Crippen molar-refractivity contribution in [1.29, 1.82) is 0 Å². The van der Waals surface area contributed by atoms with Gasteiger partial charge in [-0.25, -0.2) is 4.39 Å². The summed E-state index contributed by atoms with van der Waals surface area (Å²) in [6.07, 6.45) is -1.03. The Morgan fingerprint density at radius 3 is 2.32 bits per heavy atom. The summed E-state index contributed by atoms with van der Waals surface area (Å²) in [6, 6.07) is 12.1. The van der Waals surface area contributed by atoms with Gasteiger partial charge in [-0.05, 0) is 42.0 Å². The van der Waals surface area contributed by atoms with Gasteiger partial charge in [-0.3, -0.25) is 14.4 Å². The summed E-state index contributed by atoms with van der Waals surface area (Å²) in [5, 5.41) is 2.66. The van der Waals surface area contributed by atoms with E-state index in [4.69, 9.17) is 10.5 Å². The van der Waals surface area contributed by atoms with Gasteiger partial charge in [-0.1, -0.05) is 12.1 Å². The van der Waals surface area contributed by atoms with Crippen LogP contribution in [-0.4, -0.2) is 67.0 Å². The van der Waals surface area contributed by atoms with Crippen LogP contribution < -0.4 is 15.8 Å². The molecule has 3 N–H and O–H groups in total. The van der Waals surface area contributed by atoms with E-state index in [1.165, 1.54) is 34.1 Å². The van der Waals surface area contributed by atoms with Crippen molar-refractivity contribution in [3.8, 4) is 5.75 Å². The minimum atomic E-state index is -1.10. The van der Waals surface area contributed by atoms with Crippen molar-refractivity contribution in [2.75, 3.05) is 33.3 Å². The molecule has 1 fully saturated rings. The second kappa shape index (κ2) is 10.0. The number of nitrogens with one attached hydrogen (secondary N) is 1. The van der Waals surface area contributed by atoms with Crippen LogP contribution in [-0.2, 0) is 16.0 Å². The van der Waals surface area contributed by atoms with Gasteiger partial charge < -0.3 is 25.6 Å². The van der Waals surface area contributed by atoms with Crippen molar-refractivity contribution in [2.24, 2.45) is 5.73 Å². The number of ether oxygens (including phenoxy) is 1. The van der Waals surface area contributed by atoms with Crippen LogP contribution in [0.4, 0.5) is 4.39 Å². The monoisotopic (exact) mass is 428 g/mol. The van der Waals surface area contributed by atoms with Crippen molar-refractivity contribution < 1.29 is 23.5 Å². The molecule has 1 saturated heterocycles. The van der Waals surface area contributed by atoms with Crippen LogP contribution in [0.1, 0.15) is 15.9 Å². The minimum Gasteiger partial charge on any atom is -0.497 e. The Hall–Kier alpha value is -3.46. The van der Waals surface area contributed by atoms with Gasteiger partial charge in [-0.15, -0.1) is 0 Å². The molecule has 3 rings (SSSR count). The van der Waals surface area contributed by atoms with E-state index in [-0.39, 0.29) is 44.1 Å². The molecular formula is C22H25FN4O4. The van der Waals surface area contributed by atoms with Crippen LogP contribution in [0.5, 0.6) is 5.75 Å². The lowest BCUT2D eigenvalue weighted by Crippen LogP contribution is -2.54. The first-order chi connectivity index (χ1) is 14.9. The summed E-state index contributed by atoms with van der Waals surface area (Å²) in [4.78, 5) is 41.5. The maximum absolute atomic E-state index is 13.2. The van der Waals surface area contributed by atoms with Gasteiger partial charge in [0.15, 0.2) is 6.17 Å². The molecule has 0 aliphatic carbocycles. The fraction of sp³-hybridized carbons (Fsp3) is 0.318. The molecular weight excluding hydrogens is 403 g/mol. The van der Waals surface area contributed by atoms with Crippen LogP contribution in [0.25, 0.3) is 0 Å². The number of rotatable bonds is 7. The number of carbonyl (C=O) groups excluding carboxylic acids is 3. The van der Waals surface area contributed by atoms with Crippen LogP contribution >= 0.6 is 0 Å². The Morgan fingerprint density at radius 1 is 1.06 bits per heavy atom. The Bertz CT molecular complexity index is 934. The van der Waals surface area contributed by atoms with Crippen molar-refractivity contribution in [2.45, 2.75) is 12.6 Å². The molecule has 1 aliphatic heterocycles. The van der Waals surface area contributed by atoms with Crippen LogP contribution in [0.15, 0.2) is 48.5 Å². The summed E-state index contributed by atoms with van der Waals surface area (Å²) >= 11 is 0. The molecule has 1 heterocycles. The van der Waals surface area contributed by atoms with Gasteiger partial charge in [0, 0.05) is 31.7 Å². The number of hydrogen-bond donors (Lipinski definition) is 2. The van der Waals surface area contributed by atoms with Gasteiger partial charge >= 0.3 is 0 Å². The molecule has 9 heteroatoms. The summed E-state index contributed by atoms with van der Waals surface area (Å²) in [5.41, 5.74) is 6.47. The Morgan fingerprint density at radius 2 is 1.71 bits per heavy atom. The highest BCUT2D eigenvalue weighted by atomic mass is 19.1. The zero-order chi connectivity index (χ0) is 22.4. The fourth-order valence-electron chi connectivity index (χ4n) is 3.45. The molecule has 2 aromatic rings. The number of nitrogens with two attached hydrogens (primary N) is 1. The van der Waals surface area contributed by atoms with Gasteiger partial charge in [0.2, 0.25) is 5.91 Å². The molecule has 1 atom stereocenters. The summed E-state index contributed by atoms with van der Waals surface area (Å²) in [7, 11) is 1.56. The van der Waals surface area contributed by atoms with E-state index in [0.717, 1.165) is 5.56 Å². The molecule has 8 nitrogen and oxygen atoms in total. The van der Waals surface area contributed by atoms with E-state index in [1.54, 1.807) is 31.4 Å². The normalized spacial score (nSPS) is 15.6. The Balaban J connectivity index is 1.80. The number of methoxy groups -OCH3 is 1. The highest BCUT2D eigenvalue weighted by Gasteiger charge is 2.42. The third-order valence-electron chi connectivity index (χ3n) is 5.04. The molecule has 0 radical (unpaired) electrons. The largest absolute Gasteiger partial charge is 0.497 e. The van der Waals surface area contributed by atoms with Gasteiger partial charge in [0.1, 0.15) is 11.6 Å². The fourth-order valence-corrected chi connectivity index (χ4v) is 3.45. The van der Waals surface area contributed by atoms with E-state index in [9.17, 15) is 18.8 Å². The topological polar surface area (TPSA) is 105 Å². The lowest BCUT2D eigenvalue weighted by Gasteiger charge is -2.29. The number of halogens is 1. The average Bonchev–Trinajstić information content (AvgIpc) is 3.23. The number of carbonyl (C=O) groups is 3. The predicted molar refractivity (Wildman–Crippen MR) is 112 cm³/mol. The molecule has 1 unspecified atom stereocenters. The van der Waals surface area contributed by atoms with E-state index in [1.807, 2.05) is 0 Å². The molecule has 3 amide bonds. The van der Waals surface area contributed by atoms with E-state index < -0.39 is 23.8 Å². The smallest absolute Gasteiger partial charge is 0.263 e. The first-order valence-corrected chi connectivity index (χ1v) is 9.91. The van der Waals surface area contributed by atoms with Crippen molar-refractivity contribution in [3.05, 3.63) is 65.5 Å². The van der Waals surface area contributed by atoms with Crippen LogP contribution in [0.2, 0.25) is 0 Å². The second-order valence-electron chi connectivity index (χ2n) is 7.07. The molecule has 0 spiro atoms. The second-order valence-corrected chi connectivity index (χ2v) is 7.07. The van der Waals surface area contributed by atoms with Gasteiger partial charge in [0.25, 0.3) is 11.8 Å². The van der Waals surface area contributed by atoms with E-state index in [0.29, 0.717) is 5.75 Å². The molecule has 164 valence electrons. The molecule has 0 saturated carbocycles. The Kier molecular flexibility index (Phi) is 7.19. The molecule has 1 aliphatic rings. The van der Waals surface area contributed by atoms with Crippen molar-refractivity contribution >= 4 is 17.7 Å². The first-order valence-electron chi connectivity index (χ1n) is 9.91. The average molecular weight is 428 g/mol. The highest BCUT2D eigenvalue weighted by Crippen LogP contribution is 2.21. The summed E-state index contributed by atoms with van der Waals surface area (Å²) in [6.45, 7) is 0.840. The predicted octanol–water partition coefficient (Wildman–Crippen LogP) is 0.762. The summed E-state index contributed by atoms with van der Waals surface area (Å²) < 4.78 is 18.4. The van der Waals surface area contributed by atoms with Gasteiger partial charge in [-0.2, -0.15) is 0 Å². The number of nitrogens with zero attached hydrogens (tertiary/aromatic N) is 2. The lowest BCUT2D eigenvalue weighted by atomic mass is 10.1. The van der Waals surface area contributed by atoms with E-state index in [2.05, 4.69) is 5.32 Å². The lowest BCUT2D eigenvalue weighted by molar-refractivity contribution is -0.140. The van der Waals surface area contributed by atoms with Crippen molar-refractivity contribution in [1.82, 2.24) is 15.1 Å². The highest BCUT2D eigenvalue weighted by molar-refractivity contribution is 5.99. The van der Waals surface area contributed by atoms with Gasteiger partial charge in [0.05, 0.1) is 13.5 Å². The quantitative estimate of drug-likeness (QED) is 0.678. The molecule has 2 aromatic carbocycles.